The third-order valence-electron chi connectivity index (χ3n) is 0. The van der Waals surface area contributed by atoms with E-state index in [9.17, 15) is 0 Å². The first-order chi connectivity index (χ1) is 0. The third kappa shape index (κ3) is 66.2. The van der Waals surface area contributed by atoms with Crippen LogP contribution in [0.3, 0.4) is 0 Å². The monoisotopic (exact) mass is 288 g/mol. The predicted molar refractivity (Wildman–Crippen MR) is 2.06 cm³/mol. The summed E-state index contributed by atoms with van der Waals surface area (Å²) in [7, 11) is 0. The van der Waals surface area contributed by atoms with Crippen LogP contribution in [0.1, 0.15) is 0 Å². The van der Waals surface area contributed by atoms with Crippen LogP contribution < -0.4 is 0 Å². The van der Waals surface area contributed by atoms with Gasteiger partial charge in [0.05, 0.1) is 0 Å². The van der Waals surface area contributed by atoms with Crippen LogP contribution in [-0.2, 0) is 89.5 Å². The third-order valence-corrected chi connectivity index (χ3v) is 0. The zero-order valence-electron chi connectivity index (χ0n) is 3.35. The van der Waals surface area contributed by atoms with Gasteiger partial charge in [-0.3, -0.25) is 0 Å². The van der Waals surface area contributed by atoms with Crippen molar-refractivity contribution in [1.29, 1.82) is 0 Å². The summed E-state index contributed by atoms with van der Waals surface area (Å²) in [6, 6.07) is 0. The largest absolute Gasteiger partial charge is 3.00 e. The molecule has 0 N–H and O–H groups in total. The van der Waals surface area contributed by atoms with Crippen molar-refractivity contribution in [3.63, 3.8) is 0 Å². The molecule has 0 saturated carbocycles. The van der Waals surface area contributed by atoms with Crippen molar-refractivity contribution < 1.29 is 89.5 Å². The molecule has 2 radical (unpaired) electrons. The molecule has 0 saturated heterocycles. The van der Waals surface area contributed by atoms with Crippen molar-refractivity contribution in [3.05, 3.63) is 0 Å². The summed E-state index contributed by atoms with van der Waals surface area (Å²) < 4.78 is 0. The Bertz CT molecular complexity index is 10.9. The Morgan fingerprint density at radius 2 is 0.429 bits per heavy atom. The van der Waals surface area contributed by atoms with Gasteiger partial charge in [-0.05, 0) is 0 Å². The second kappa shape index (κ2) is 89.4. The second-order valence-corrected chi connectivity index (χ2v) is 0. The van der Waals surface area contributed by atoms with Crippen molar-refractivity contribution in [3.8, 4) is 0 Å². The molecule has 7 heavy (non-hydrogen) atoms. The van der Waals surface area contributed by atoms with Gasteiger partial charge in [-0.2, -0.15) is 0 Å². The second-order valence-electron chi connectivity index (χ2n) is 0. The molecular weight excluding hydrogens is 290 g/mol. The van der Waals surface area contributed by atoms with E-state index < -0.39 is 0 Å². The molecule has 0 unspecified atom stereocenters. The average Bonchev–Trinajstić information content (AvgIpc) is 0. The first kappa shape index (κ1) is 130. The van der Waals surface area contributed by atoms with Crippen LogP contribution in [0.25, 0.3) is 0 Å². The van der Waals surface area contributed by atoms with Crippen molar-refractivity contribution in [2.24, 2.45) is 0 Å². The molecule has 7 heteroatoms. The SMILES string of the molecule is [Fe+3].[Fe+3].[O-2].[O-2].[O-2].[Zn].[Zn]. The molecule has 0 aromatic carbocycles. The van der Waals surface area contributed by atoms with Crippen LogP contribution in [0.2, 0.25) is 0 Å². The van der Waals surface area contributed by atoms with Gasteiger partial charge < -0.3 is 16.4 Å². The maximum Gasteiger partial charge on any atom is 3.00 e. The molecule has 0 atom stereocenters. The molecule has 0 spiro atoms. The Kier molecular flexibility index (Phi) is 1660. The molecule has 3 nitrogen and oxygen atoms in total. The fraction of sp³-hybridized carbons (Fsp3) is 0. The van der Waals surface area contributed by atoms with Gasteiger partial charge in [0.15, 0.2) is 0 Å². The molecule has 38 valence electrons. The first-order valence-electron chi connectivity index (χ1n) is 0. The van der Waals surface area contributed by atoms with Crippen LogP contribution in [0, 0.1) is 0 Å². The van der Waals surface area contributed by atoms with Crippen LogP contribution in [0.15, 0.2) is 0 Å². The molecule has 0 amide bonds. The van der Waals surface area contributed by atoms with Crippen molar-refractivity contribution in [1.82, 2.24) is 0 Å². The van der Waals surface area contributed by atoms with Crippen LogP contribution in [0.4, 0.5) is 0 Å². The Labute approximate surface area is 88.8 Å². The van der Waals surface area contributed by atoms with E-state index in [0.29, 0.717) is 0 Å². The average molecular weight is 290 g/mol. The molecule has 0 aliphatic heterocycles. The maximum atomic E-state index is 0. The van der Waals surface area contributed by atoms with Crippen LogP contribution >= 0.6 is 0 Å². The van der Waals surface area contributed by atoms with Crippen molar-refractivity contribution in [2.45, 2.75) is 0 Å². The molecule has 0 aromatic rings. The summed E-state index contributed by atoms with van der Waals surface area (Å²) in [6.07, 6.45) is 0. The smallest absolute Gasteiger partial charge is 2.00 e. The molecule has 0 fully saturated rings. The van der Waals surface area contributed by atoms with E-state index in [0.717, 1.165) is 0 Å². The van der Waals surface area contributed by atoms with E-state index in [1.807, 2.05) is 0 Å². The standard InChI is InChI=1S/2Fe.3O.2Zn/q2*+3;3*-2;;. The van der Waals surface area contributed by atoms with E-state index in [1.165, 1.54) is 0 Å². The minimum Gasteiger partial charge on any atom is -2.00 e. The molecule has 0 rings (SSSR count). The fourth-order valence-corrected chi connectivity index (χ4v) is 0. The summed E-state index contributed by atoms with van der Waals surface area (Å²) >= 11 is 0. The molecular formula is Fe2O3Zn2. The quantitative estimate of drug-likeness (QED) is 0.545. The van der Waals surface area contributed by atoms with Crippen molar-refractivity contribution >= 4 is 0 Å². The van der Waals surface area contributed by atoms with Crippen LogP contribution in [0.5, 0.6) is 0 Å². The van der Waals surface area contributed by atoms with Gasteiger partial charge in [0.2, 0.25) is 0 Å². The van der Waals surface area contributed by atoms with E-state index in [2.05, 4.69) is 0 Å². The van der Waals surface area contributed by atoms with Crippen molar-refractivity contribution in [2.75, 3.05) is 0 Å². The van der Waals surface area contributed by atoms with Gasteiger partial charge in [0.1, 0.15) is 0 Å². The van der Waals surface area contributed by atoms with E-state index in [-0.39, 0.29) is 89.5 Å². The molecule has 0 aliphatic carbocycles. The zero-order valence-corrected chi connectivity index (χ0v) is 11.5. The molecule has 0 bridgehead atoms. The Balaban J connectivity index is 0. The molecule has 0 heterocycles. The summed E-state index contributed by atoms with van der Waals surface area (Å²) in [6.45, 7) is 0. The van der Waals surface area contributed by atoms with Gasteiger partial charge in [0, 0.05) is 39.0 Å². The van der Waals surface area contributed by atoms with Gasteiger partial charge in [-0.15, -0.1) is 0 Å². The Morgan fingerprint density at radius 3 is 0.429 bits per heavy atom. The summed E-state index contributed by atoms with van der Waals surface area (Å²) in [5.41, 5.74) is 0. The summed E-state index contributed by atoms with van der Waals surface area (Å²) in [5, 5.41) is 0. The minimum atomic E-state index is 0. The van der Waals surface area contributed by atoms with Gasteiger partial charge in [0.25, 0.3) is 0 Å². The number of rotatable bonds is 0. The maximum absolute atomic E-state index is 0. The zero-order chi connectivity index (χ0) is 0. The predicted octanol–water partition coefficient (Wildman–Crippen LogP) is -0.366. The first-order valence-corrected chi connectivity index (χ1v) is 0. The van der Waals surface area contributed by atoms with Gasteiger partial charge >= 0.3 is 34.1 Å². The minimum absolute atomic E-state index is 0. The summed E-state index contributed by atoms with van der Waals surface area (Å²) in [4.78, 5) is 0. The molecule has 0 aliphatic rings. The summed E-state index contributed by atoms with van der Waals surface area (Å²) in [5.74, 6) is 0. The number of hydrogen-bond donors (Lipinski definition) is 0. The Hall–Kier alpha value is 2.17. The molecule has 0 aromatic heterocycles. The Morgan fingerprint density at radius 1 is 0.429 bits per heavy atom. The van der Waals surface area contributed by atoms with Gasteiger partial charge in [-0.25, -0.2) is 0 Å². The van der Waals surface area contributed by atoms with E-state index in [4.69, 9.17) is 0 Å². The number of hydrogen-bond acceptors (Lipinski definition) is 0. The van der Waals surface area contributed by atoms with E-state index >= 15 is 0 Å². The normalized spacial score (nSPS) is 0. The topological polar surface area (TPSA) is 85.5 Å². The van der Waals surface area contributed by atoms with Gasteiger partial charge in [-0.1, -0.05) is 0 Å². The fourth-order valence-electron chi connectivity index (χ4n) is 0. The van der Waals surface area contributed by atoms with E-state index in [1.54, 1.807) is 0 Å². The van der Waals surface area contributed by atoms with Crippen LogP contribution in [-0.4, -0.2) is 0 Å².